The summed E-state index contributed by atoms with van der Waals surface area (Å²) in [6, 6.07) is 17.0. The van der Waals surface area contributed by atoms with Crippen LogP contribution in [-0.4, -0.2) is 40.3 Å². The van der Waals surface area contributed by atoms with E-state index in [-0.39, 0.29) is 17.0 Å². The Balaban J connectivity index is 1.71. The van der Waals surface area contributed by atoms with Gasteiger partial charge in [-0.05, 0) is 36.4 Å². The molecule has 0 unspecified atom stereocenters. The van der Waals surface area contributed by atoms with Crippen LogP contribution in [0.4, 0.5) is 11.4 Å². The van der Waals surface area contributed by atoms with Crippen LogP contribution in [0, 0.1) is 0 Å². The minimum atomic E-state index is -0.533. The Hall–Kier alpha value is -4.66. The second-order valence-corrected chi connectivity index (χ2v) is 7.36. The molecular weight excluding hydrogens is 452 g/mol. The highest BCUT2D eigenvalue weighted by Crippen LogP contribution is 2.39. The molecule has 0 spiro atoms. The lowest BCUT2D eigenvalue weighted by molar-refractivity contribution is 0.0999. The van der Waals surface area contributed by atoms with Gasteiger partial charge in [-0.3, -0.25) is 9.59 Å². The maximum Gasteiger partial charge on any atom is 0.293 e. The van der Waals surface area contributed by atoms with E-state index < -0.39 is 11.8 Å². The van der Waals surface area contributed by atoms with Gasteiger partial charge in [0.05, 0.1) is 28.4 Å². The van der Waals surface area contributed by atoms with E-state index in [1.54, 1.807) is 48.5 Å². The lowest BCUT2D eigenvalue weighted by Gasteiger charge is -2.14. The van der Waals surface area contributed by atoms with E-state index in [0.29, 0.717) is 39.7 Å². The zero-order valence-electron chi connectivity index (χ0n) is 19.6. The molecule has 1 heterocycles. The number of hydrogen-bond acceptors (Lipinski definition) is 7. The van der Waals surface area contributed by atoms with Gasteiger partial charge < -0.3 is 34.0 Å². The summed E-state index contributed by atoms with van der Waals surface area (Å²) in [5, 5.41) is 6.16. The van der Waals surface area contributed by atoms with Gasteiger partial charge in [-0.2, -0.15) is 0 Å². The minimum Gasteiger partial charge on any atom is -0.497 e. The van der Waals surface area contributed by atoms with Crippen molar-refractivity contribution in [1.82, 2.24) is 0 Å². The molecule has 35 heavy (non-hydrogen) atoms. The van der Waals surface area contributed by atoms with E-state index in [4.69, 9.17) is 23.4 Å². The zero-order valence-corrected chi connectivity index (χ0v) is 19.6. The molecule has 9 heteroatoms. The van der Waals surface area contributed by atoms with Crippen molar-refractivity contribution in [3.05, 3.63) is 72.0 Å². The van der Waals surface area contributed by atoms with E-state index in [0.717, 1.165) is 0 Å². The van der Waals surface area contributed by atoms with E-state index >= 15 is 0 Å². The summed E-state index contributed by atoms with van der Waals surface area (Å²) in [5.74, 6) is 0.521. The van der Waals surface area contributed by atoms with Crippen LogP contribution >= 0.6 is 0 Å². The van der Waals surface area contributed by atoms with Crippen molar-refractivity contribution in [2.75, 3.05) is 39.1 Å². The van der Waals surface area contributed by atoms with Gasteiger partial charge in [-0.15, -0.1) is 0 Å². The Morgan fingerprint density at radius 1 is 0.743 bits per heavy atom. The van der Waals surface area contributed by atoms with Crippen LogP contribution in [0.5, 0.6) is 23.0 Å². The molecule has 2 N–H and O–H groups in total. The summed E-state index contributed by atoms with van der Waals surface area (Å²) in [5.41, 5.74) is 1.43. The SMILES string of the molecule is COc1cccc(NC(=O)c2oc3ccccc3c2NC(=O)c2cc(OC)c(OC)c(OC)c2)c1. The lowest BCUT2D eigenvalue weighted by Crippen LogP contribution is -2.17. The van der Waals surface area contributed by atoms with Crippen molar-refractivity contribution in [3.63, 3.8) is 0 Å². The van der Waals surface area contributed by atoms with Gasteiger partial charge in [0, 0.05) is 22.7 Å². The van der Waals surface area contributed by atoms with Gasteiger partial charge in [0.25, 0.3) is 11.8 Å². The number of carbonyl (C=O) groups is 2. The molecule has 0 radical (unpaired) electrons. The third-order valence-electron chi connectivity index (χ3n) is 5.29. The van der Waals surface area contributed by atoms with Crippen molar-refractivity contribution in [2.24, 2.45) is 0 Å². The Morgan fingerprint density at radius 3 is 2.11 bits per heavy atom. The number of ether oxygens (including phenoxy) is 4. The maximum atomic E-state index is 13.3. The Labute approximate surface area is 201 Å². The Kier molecular flexibility index (Phi) is 6.77. The van der Waals surface area contributed by atoms with Crippen LogP contribution in [0.15, 0.2) is 65.1 Å². The average molecular weight is 476 g/mol. The summed E-state index contributed by atoms with van der Waals surface area (Å²) in [6.07, 6.45) is 0. The fourth-order valence-corrected chi connectivity index (χ4v) is 3.62. The fourth-order valence-electron chi connectivity index (χ4n) is 3.62. The molecule has 9 nitrogen and oxygen atoms in total. The van der Waals surface area contributed by atoms with Gasteiger partial charge in [0.15, 0.2) is 11.5 Å². The number of furan rings is 1. The van der Waals surface area contributed by atoms with Crippen molar-refractivity contribution < 1.29 is 33.0 Å². The third kappa shape index (κ3) is 4.70. The van der Waals surface area contributed by atoms with Gasteiger partial charge >= 0.3 is 0 Å². The molecule has 180 valence electrons. The number of carbonyl (C=O) groups excluding carboxylic acids is 2. The van der Waals surface area contributed by atoms with E-state index in [2.05, 4.69) is 10.6 Å². The number of anilines is 2. The zero-order chi connectivity index (χ0) is 24.9. The van der Waals surface area contributed by atoms with Crippen molar-refractivity contribution in [1.29, 1.82) is 0 Å². The summed E-state index contributed by atoms with van der Waals surface area (Å²) in [7, 11) is 5.94. The van der Waals surface area contributed by atoms with Crippen molar-refractivity contribution in [3.8, 4) is 23.0 Å². The molecule has 3 aromatic carbocycles. The first kappa shape index (κ1) is 23.5. The predicted molar refractivity (Wildman–Crippen MR) is 131 cm³/mol. The van der Waals surface area contributed by atoms with Gasteiger partial charge in [0.1, 0.15) is 17.0 Å². The summed E-state index contributed by atoms with van der Waals surface area (Å²) < 4.78 is 27.0. The second kappa shape index (κ2) is 10.1. The summed E-state index contributed by atoms with van der Waals surface area (Å²) >= 11 is 0. The molecule has 0 saturated heterocycles. The first-order valence-corrected chi connectivity index (χ1v) is 10.6. The molecule has 0 bridgehead atoms. The topological polar surface area (TPSA) is 108 Å². The van der Waals surface area contributed by atoms with Crippen LogP contribution < -0.4 is 29.6 Å². The molecule has 0 aliphatic rings. The van der Waals surface area contributed by atoms with Crippen molar-refractivity contribution in [2.45, 2.75) is 0 Å². The summed E-state index contributed by atoms with van der Waals surface area (Å²) in [4.78, 5) is 26.4. The van der Waals surface area contributed by atoms with Gasteiger partial charge in [-0.25, -0.2) is 0 Å². The highest BCUT2D eigenvalue weighted by Gasteiger charge is 2.24. The maximum absolute atomic E-state index is 13.3. The number of rotatable bonds is 8. The van der Waals surface area contributed by atoms with E-state index in [1.165, 1.54) is 40.6 Å². The molecule has 1 aromatic heterocycles. The standard InChI is InChI=1S/C26H24N2O7/c1-31-17-9-7-8-16(14-17)27-26(30)24-22(18-10-5-6-11-19(18)35-24)28-25(29)15-12-20(32-2)23(34-4)21(13-15)33-3/h5-14H,1-4H3,(H,27,30)(H,28,29). The predicted octanol–water partition coefficient (Wildman–Crippen LogP) is 4.97. The highest BCUT2D eigenvalue weighted by molar-refractivity contribution is 6.17. The van der Waals surface area contributed by atoms with Crippen LogP contribution in [-0.2, 0) is 0 Å². The largest absolute Gasteiger partial charge is 0.497 e. The number of methoxy groups -OCH3 is 4. The summed E-state index contributed by atoms with van der Waals surface area (Å²) in [6.45, 7) is 0. The number of fused-ring (bicyclic) bond motifs is 1. The smallest absolute Gasteiger partial charge is 0.293 e. The molecule has 0 saturated carbocycles. The normalized spacial score (nSPS) is 10.5. The molecule has 0 fully saturated rings. The first-order chi connectivity index (χ1) is 17.0. The quantitative estimate of drug-likeness (QED) is 0.370. The Morgan fingerprint density at radius 2 is 1.46 bits per heavy atom. The number of hydrogen-bond donors (Lipinski definition) is 2. The molecule has 0 aliphatic carbocycles. The van der Waals surface area contributed by atoms with Crippen LogP contribution in [0.25, 0.3) is 11.0 Å². The molecule has 2 amide bonds. The molecule has 0 atom stereocenters. The number of para-hydroxylation sites is 1. The lowest BCUT2D eigenvalue weighted by atomic mass is 10.1. The van der Waals surface area contributed by atoms with E-state index in [1.807, 2.05) is 0 Å². The van der Waals surface area contributed by atoms with Gasteiger partial charge in [0.2, 0.25) is 11.5 Å². The minimum absolute atomic E-state index is 0.0465. The highest BCUT2D eigenvalue weighted by atomic mass is 16.5. The number of nitrogens with one attached hydrogen (secondary N) is 2. The average Bonchev–Trinajstić information content (AvgIpc) is 3.26. The van der Waals surface area contributed by atoms with Crippen LogP contribution in [0.2, 0.25) is 0 Å². The van der Waals surface area contributed by atoms with Gasteiger partial charge in [-0.1, -0.05) is 18.2 Å². The monoisotopic (exact) mass is 476 g/mol. The molecule has 4 rings (SSSR count). The second-order valence-electron chi connectivity index (χ2n) is 7.36. The molecule has 0 aliphatic heterocycles. The van der Waals surface area contributed by atoms with Crippen molar-refractivity contribution >= 4 is 34.2 Å². The first-order valence-electron chi connectivity index (χ1n) is 10.6. The van der Waals surface area contributed by atoms with E-state index in [9.17, 15) is 9.59 Å². The number of benzene rings is 3. The third-order valence-corrected chi connectivity index (χ3v) is 5.29. The van der Waals surface area contributed by atoms with Crippen LogP contribution in [0.1, 0.15) is 20.9 Å². The van der Waals surface area contributed by atoms with Crippen LogP contribution in [0.3, 0.4) is 0 Å². The molecule has 4 aromatic rings. The fraction of sp³-hybridized carbons (Fsp3) is 0.154. The number of amides is 2. The Bertz CT molecular complexity index is 1370. The molecular formula is C26H24N2O7.